The highest BCUT2D eigenvalue weighted by atomic mass is 16.5. The van der Waals surface area contributed by atoms with E-state index in [1.807, 2.05) is 18.2 Å². The van der Waals surface area contributed by atoms with Crippen LogP contribution in [-0.2, 0) is 11.2 Å². The highest BCUT2D eigenvalue weighted by molar-refractivity contribution is 5.78. The molecule has 1 atom stereocenters. The maximum atomic E-state index is 12.6. The quantitative estimate of drug-likeness (QED) is 0.718. The minimum atomic E-state index is 0.0143. The number of methoxy groups -OCH3 is 1. The van der Waals surface area contributed by atoms with Crippen LogP contribution in [0.4, 0.5) is 5.69 Å². The summed E-state index contributed by atoms with van der Waals surface area (Å²) in [5.41, 5.74) is 3.62. The Morgan fingerprint density at radius 2 is 1.67 bits per heavy atom. The summed E-state index contributed by atoms with van der Waals surface area (Å²) in [6.45, 7) is 10.5. The van der Waals surface area contributed by atoms with Gasteiger partial charge in [-0.05, 0) is 42.5 Å². The van der Waals surface area contributed by atoms with E-state index >= 15 is 0 Å². The van der Waals surface area contributed by atoms with Crippen molar-refractivity contribution in [3.05, 3.63) is 59.7 Å². The standard InChI is InChI=1S/C25H35N3O2/c1-19(2)17-21-9-11-22(12-10-21)20(3)26-25(29)18-27-13-15-28(16-14-27)23-7-5-6-8-24(23)30-4/h5-12,19-20H,13-18H2,1-4H3,(H,26,29). The van der Waals surface area contributed by atoms with Gasteiger partial charge < -0.3 is 15.0 Å². The summed E-state index contributed by atoms with van der Waals surface area (Å²) in [7, 11) is 1.71. The summed E-state index contributed by atoms with van der Waals surface area (Å²) in [6, 6.07) is 16.7. The molecule has 0 saturated carbocycles. The van der Waals surface area contributed by atoms with E-state index in [4.69, 9.17) is 4.74 Å². The van der Waals surface area contributed by atoms with Crippen molar-refractivity contribution in [3.63, 3.8) is 0 Å². The second kappa shape index (κ2) is 10.5. The number of ether oxygens (including phenoxy) is 1. The molecule has 1 aliphatic rings. The van der Waals surface area contributed by atoms with Gasteiger partial charge in [0.25, 0.3) is 0 Å². The van der Waals surface area contributed by atoms with Crippen LogP contribution < -0.4 is 15.0 Å². The number of amides is 1. The van der Waals surface area contributed by atoms with E-state index in [9.17, 15) is 4.79 Å². The monoisotopic (exact) mass is 409 g/mol. The second-order valence-electron chi connectivity index (χ2n) is 8.56. The molecule has 5 heteroatoms. The van der Waals surface area contributed by atoms with Crippen LogP contribution in [0.2, 0.25) is 0 Å². The first-order valence-electron chi connectivity index (χ1n) is 10.9. The zero-order chi connectivity index (χ0) is 21.5. The van der Waals surface area contributed by atoms with Crippen LogP contribution in [-0.4, -0.2) is 50.6 Å². The normalized spacial score (nSPS) is 15.8. The van der Waals surface area contributed by atoms with Crippen LogP contribution in [0.15, 0.2) is 48.5 Å². The first-order valence-corrected chi connectivity index (χ1v) is 10.9. The maximum Gasteiger partial charge on any atom is 0.234 e. The molecular weight excluding hydrogens is 374 g/mol. The van der Waals surface area contributed by atoms with E-state index in [1.165, 1.54) is 5.56 Å². The highest BCUT2D eigenvalue weighted by Crippen LogP contribution is 2.28. The van der Waals surface area contributed by atoms with Crippen molar-refractivity contribution in [1.82, 2.24) is 10.2 Å². The summed E-state index contributed by atoms with van der Waals surface area (Å²) in [5, 5.41) is 3.15. The average molecular weight is 410 g/mol. The summed E-state index contributed by atoms with van der Waals surface area (Å²) >= 11 is 0. The van der Waals surface area contributed by atoms with Crippen LogP contribution >= 0.6 is 0 Å². The van der Waals surface area contributed by atoms with Gasteiger partial charge in [0.2, 0.25) is 5.91 Å². The zero-order valence-corrected chi connectivity index (χ0v) is 18.7. The third-order valence-corrected chi connectivity index (χ3v) is 5.67. The molecule has 1 unspecified atom stereocenters. The van der Waals surface area contributed by atoms with Crippen molar-refractivity contribution >= 4 is 11.6 Å². The molecule has 1 fully saturated rings. The molecule has 2 aromatic rings. The molecular formula is C25H35N3O2. The van der Waals surface area contributed by atoms with Gasteiger partial charge in [-0.2, -0.15) is 0 Å². The molecule has 162 valence electrons. The van der Waals surface area contributed by atoms with E-state index in [1.54, 1.807) is 7.11 Å². The van der Waals surface area contributed by atoms with Crippen molar-refractivity contribution in [2.75, 3.05) is 44.7 Å². The lowest BCUT2D eigenvalue weighted by Crippen LogP contribution is -2.49. The lowest BCUT2D eigenvalue weighted by Gasteiger charge is -2.36. The SMILES string of the molecule is COc1ccccc1N1CCN(CC(=O)NC(C)c2ccc(CC(C)C)cc2)CC1. The van der Waals surface area contributed by atoms with Gasteiger partial charge in [0, 0.05) is 26.2 Å². The van der Waals surface area contributed by atoms with E-state index in [0.717, 1.165) is 49.6 Å². The Hall–Kier alpha value is -2.53. The van der Waals surface area contributed by atoms with Gasteiger partial charge in [-0.1, -0.05) is 50.2 Å². The van der Waals surface area contributed by atoms with Gasteiger partial charge >= 0.3 is 0 Å². The Labute approximate surface area is 181 Å². The fourth-order valence-corrected chi connectivity index (χ4v) is 4.03. The number of piperazine rings is 1. The van der Waals surface area contributed by atoms with Gasteiger partial charge in [-0.15, -0.1) is 0 Å². The van der Waals surface area contributed by atoms with Gasteiger partial charge in [0.15, 0.2) is 0 Å². The fourth-order valence-electron chi connectivity index (χ4n) is 4.03. The predicted octanol–water partition coefficient (Wildman–Crippen LogP) is 3.89. The molecule has 0 bridgehead atoms. The van der Waals surface area contributed by atoms with Crippen LogP contribution in [0.25, 0.3) is 0 Å². The number of para-hydroxylation sites is 2. The Morgan fingerprint density at radius 3 is 2.30 bits per heavy atom. The van der Waals surface area contributed by atoms with E-state index < -0.39 is 0 Å². The van der Waals surface area contributed by atoms with Gasteiger partial charge in [-0.3, -0.25) is 9.69 Å². The van der Waals surface area contributed by atoms with Gasteiger partial charge in [-0.25, -0.2) is 0 Å². The Bertz CT molecular complexity index is 811. The van der Waals surface area contributed by atoms with Crippen molar-refractivity contribution in [2.24, 2.45) is 5.92 Å². The molecule has 1 amide bonds. The number of hydrogen-bond acceptors (Lipinski definition) is 4. The molecule has 3 rings (SSSR count). The Kier molecular flexibility index (Phi) is 7.75. The molecule has 1 heterocycles. The number of nitrogens with one attached hydrogen (secondary N) is 1. The van der Waals surface area contributed by atoms with E-state index in [2.05, 4.69) is 66.2 Å². The lowest BCUT2D eigenvalue weighted by molar-refractivity contribution is -0.123. The molecule has 0 aliphatic carbocycles. The second-order valence-corrected chi connectivity index (χ2v) is 8.56. The first-order chi connectivity index (χ1) is 14.5. The maximum absolute atomic E-state index is 12.6. The molecule has 1 N–H and O–H groups in total. The van der Waals surface area contributed by atoms with Crippen LogP contribution in [0.3, 0.4) is 0 Å². The lowest BCUT2D eigenvalue weighted by atomic mass is 10.00. The number of benzene rings is 2. The van der Waals surface area contributed by atoms with Gasteiger partial charge in [0.05, 0.1) is 25.4 Å². The Balaban J connectivity index is 1.46. The molecule has 30 heavy (non-hydrogen) atoms. The van der Waals surface area contributed by atoms with Crippen LogP contribution in [0.5, 0.6) is 5.75 Å². The third-order valence-electron chi connectivity index (χ3n) is 5.67. The summed E-state index contributed by atoms with van der Waals surface area (Å²) in [5.74, 6) is 1.63. The molecule has 0 aromatic heterocycles. The molecule has 2 aromatic carbocycles. The number of hydrogen-bond donors (Lipinski definition) is 1. The van der Waals surface area contributed by atoms with Crippen LogP contribution in [0.1, 0.15) is 37.9 Å². The van der Waals surface area contributed by atoms with E-state index in [-0.39, 0.29) is 11.9 Å². The number of carbonyl (C=O) groups excluding carboxylic acids is 1. The highest BCUT2D eigenvalue weighted by Gasteiger charge is 2.21. The smallest absolute Gasteiger partial charge is 0.234 e. The minimum absolute atomic E-state index is 0.0143. The van der Waals surface area contributed by atoms with Crippen molar-refractivity contribution < 1.29 is 9.53 Å². The van der Waals surface area contributed by atoms with Gasteiger partial charge in [0.1, 0.15) is 5.75 Å². The number of carbonyl (C=O) groups is 1. The minimum Gasteiger partial charge on any atom is -0.495 e. The number of anilines is 1. The number of rotatable bonds is 8. The third kappa shape index (κ3) is 5.99. The molecule has 5 nitrogen and oxygen atoms in total. The van der Waals surface area contributed by atoms with Crippen molar-refractivity contribution in [3.8, 4) is 5.75 Å². The fraction of sp³-hybridized carbons (Fsp3) is 0.480. The summed E-state index contributed by atoms with van der Waals surface area (Å²) in [4.78, 5) is 17.1. The summed E-state index contributed by atoms with van der Waals surface area (Å²) in [6.07, 6.45) is 1.09. The topological polar surface area (TPSA) is 44.8 Å². The average Bonchev–Trinajstić information content (AvgIpc) is 2.74. The summed E-state index contributed by atoms with van der Waals surface area (Å²) < 4.78 is 5.48. The zero-order valence-electron chi connectivity index (χ0n) is 18.7. The largest absolute Gasteiger partial charge is 0.495 e. The number of nitrogens with zero attached hydrogens (tertiary/aromatic N) is 2. The molecule has 1 aliphatic heterocycles. The molecule has 1 saturated heterocycles. The van der Waals surface area contributed by atoms with E-state index in [0.29, 0.717) is 12.5 Å². The van der Waals surface area contributed by atoms with Crippen molar-refractivity contribution in [2.45, 2.75) is 33.2 Å². The molecule has 0 spiro atoms. The van der Waals surface area contributed by atoms with Crippen molar-refractivity contribution in [1.29, 1.82) is 0 Å². The first kappa shape index (κ1) is 22.2. The Morgan fingerprint density at radius 1 is 1.00 bits per heavy atom. The van der Waals surface area contributed by atoms with Crippen LogP contribution in [0, 0.1) is 5.92 Å². The molecule has 0 radical (unpaired) electrons. The predicted molar refractivity (Wildman–Crippen MR) is 123 cm³/mol.